The molecule has 0 saturated heterocycles. The lowest BCUT2D eigenvalue weighted by Gasteiger charge is -2.08. The molecule has 2 aromatic carbocycles. The van der Waals surface area contributed by atoms with Crippen molar-refractivity contribution in [3.8, 4) is 16.9 Å². The number of hydrogen-bond acceptors (Lipinski definition) is 3. The van der Waals surface area contributed by atoms with E-state index in [1.165, 1.54) is 0 Å². The van der Waals surface area contributed by atoms with Crippen LogP contribution in [0.25, 0.3) is 16.9 Å². The smallest absolute Gasteiger partial charge is 0.358 e. The van der Waals surface area contributed by atoms with Gasteiger partial charge >= 0.3 is 5.97 Å². The van der Waals surface area contributed by atoms with Gasteiger partial charge in [0.25, 0.3) is 0 Å². The van der Waals surface area contributed by atoms with Crippen LogP contribution in [0.4, 0.5) is 0 Å². The van der Waals surface area contributed by atoms with Crippen molar-refractivity contribution >= 4 is 33.5 Å². The number of carbonyl (C=O) groups excluding carboxylic acids is 1. The SMILES string of the molecule is CCOC(=O)c1cc(-c2cccc(Cl)c2)n(-c2cccc(Br)c2)n1. The molecular weight excluding hydrogens is 392 g/mol. The zero-order valence-electron chi connectivity index (χ0n) is 12.9. The molecule has 3 aromatic rings. The molecule has 0 radical (unpaired) electrons. The molecule has 3 rings (SSSR count). The molecule has 0 aliphatic rings. The van der Waals surface area contributed by atoms with E-state index in [4.69, 9.17) is 16.3 Å². The molecular formula is C18H14BrClN2O2. The minimum Gasteiger partial charge on any atom is -0.461 e. The third-order valence-electron chi connectivity index (χ3n) is 3.37. The van der Waals surface area contributed by atoms with Crippen LogP contribution in [-0.4, -0.2) is 22.4 Å². The first-order chi connectivity index (χ1) is 11.6. The molecule has 0 aliphatic heterocycles. The maximum absolute atomic E-state index is 12.1. The van der Waals surface area contributed by atoms with Gasteiger partial charge in [0, 0.05) is 15.1 Å². The highest BCUT2D eigenvalue weighted by molar-refractivity contribution is 9.10. The molecule has 0 bridgehead atoms. The molecule has 0 saturated carbocycles. The fraction of sp³-hybridized carbons (Fsp3) is 0.111. The lowest BCUT2D eigenvalue weighted by atomic mass is 10.1. The number of hydrogen-bond donors (Lipinski definition) is 0. The number of rotatable bonds is 4. The van der Waals surface area contributed by atoms with Gasteiger partial charge in [-0.05, 0) is 43.3 Å². The molecule has 4 nitrogen and oxygen atoms in total. The average molecular weight is 406 g/mol. The maximum Gasteiger partial charge on any atom is 0.358 e. The van der Waals surface area contributed by atoms with Crippen molar-refractivity contribution in [3.05, 3.63) is 69.8 Å². The molecule has 0 amide bonds. The molecule has 0 fully saturated rings. The van der Waals surface area contributed by atoms with Crippen LogP contribution in [0, 0.1) is 0 Å². The Morgan fingerprint density at radius 3 is 2.71 bits per heavy atom. The van der Waals surface area contributed by atoms with E-state index < -0.39 is 5.97 Å². The standard InChI is InChI=1S/C18H14BrClN2O2/c1-2-24-18(23)16-11-17(12-5-3-7-14(20)9-12)22(21-16)15-8-4-6-13(19)10-15/h3-11H,2H2,1H3. The third-order valence-corrected chi connectivity index (χ3v) is 4.10. The summed E-state index contributed by atoms with van der Waals surface area (Å²) in [6, 6.07) is 16.8. The number of carbonyl (C=O) groups is 1. The zero-order chi connectivity index (χ0) is 17.1. The van der Waals surface area contributed by atoms with Gasteiger partial charge in [0.1, 0.15) is 0 Å². The monoisotopic (exact) mass is 404 g/mol. The summed E-state index contributed by atoms with van der Waals surface area (Å²) in [4.78, 5) is 12.1. The Labute approximate surface area is 153 Å². The third kappa shape index (κ3) is 3.52. The van der Waals surface area contributed by atoms with E-state index in [2.05, 4.69) is 21.0 Å². The quantitative estimate of drug-likeness (QED) is 0.565. The normalized spacial score (nSPS) is 10.6. The topological polar surface area (TPSA) is 44.1 Å². The van der Waals surface area contributed by atoms with Crippen molar-refractivity contribution in [1.29, 1.82) is 0 Å². The highest BCUT2D eigenvalue weighted by atomic mass is 79.9. The summed E-state index contributed by atoms with van der Waals surface area (Å²) in [5.41, 5.74) is 2.71. The van der Waals surface area contributed by atoms with E-state index in [-0.39, 0.29) is 5.69 Å². The van der Waals surface area contributed by atoms with Gasteiger partial charge in [0.2, 0.25) is 0 Å². The summed E-state index contributed by atoms with van der Waals surface area (Å²) in [7, 11) is 0. The molecule has 0 aliphatic carbocycles. The highest BCUT2D eigenvalue weighted by Crippen LogP contribution is 2.27. The zero-order valence-corrected chi connectivity index (χ0v) is 15.2. The first-order valence-corrected chi connectivity index (χ1v) is 8.54. The number of aromatic nitrogens is 2. The predicted molar refractivity (Wildman–Crippen MR) is 97.7 cm³/mol. The average Bonchev–Trinajstić information content (AvgIpc) is 3.00. The summed E-state index contributed by atoms with van der Waals surface area (Å²) < 4.78 is 7.70. The van der Waals surface area contributed by atoms with E-state index in [0.29, 0.717) is 11.6 Å². The lowest BCUT2D eigenvalue weighted by molar-refractivity contribution is 0.0519. The fourth-order valence-corrected chi connectivity index (χ4v) is 2.92. The van der Waals surface area contributed by atoms with Gasteiger partial charge in [-0.15, -0.1) is 0 Å². The van der Waals surface area contributed by atoms with E-state index >= 15 is 0 Å². The van der Waals surface area contributed by atoms with Crippen LogP contribution in [0.2, 0.25) is 5.02 Å². The second-order valence-corrected chi connectivity index (χ2v) is 6.39. The van der Waals surface area contributed by atoms with Crippen LogP contribution in [0.1, 0.15) is 17.4 Å². The number of halogens is 2. The Morgan fingerprint density at radius 2 is 2.00 bits per heavy atom. The van der Waals surface area contributed by atoms with Crippen LogP contribution in [-0.2, 0) is 4.74 Å². The van der Waals surface area contributed by atoms with Gasteiger partial charge in [-0.3, -0.25) is 0 Å². The van der Waals surface area contributed by atoms with Gasteiger partial charge in [-0.2, -0.15) is 5.10 Å². The fourth-order valence-electron chi connectivity index (χ4n) is 2.34. The van der Waals surface area contributed by atoms with Crippen molar-refractivity contribution in [2.45, 2.75) is 6.92 Å². The predicted octanol–water partition coefficient (Wildman–Crippen LogP) is 5.13. The molecule has 0 atom stereocenters. The molecule has 0 unspecified atom stereocenters. The minimum atomic E-state index is -0.450. The number of ether oxygens (including phenoxy) is 1. The van der Waals surface area contributed by atoms with Crippen molar-refractivity contribution in [1.82, 2.24) is 9.78 Å². The Bertz CT molecular complexity index is 829. The van der Waals surface area contributed by atoms with Gasteiger partial charge in [-0.1, -0.05) is 45.7 Å². The molecule has 1 aromatic heterocycles. The molecule has 122 valence electrons. The summed E-state index contributed by atoms with van der Waals surface area (Å²) in [6.07, 6.45) is 0. The number of benzene rings is 2. The van der Waals surface area contributed by atoms with E-state index in [1.807, 2.05) is 42.5 Å². The van der Waals surface area contributed by atoms with Crippen LogP contribution in [0.15, 0.2) is 59.1 Å². The minimum absolute atomic E-state index is 0.256. The first kappa shape index (κ1) is 16.7. The first-order valence-electron chi connectivity index (χ1n) is 7.37. The van der Waals surface area contributed by atoms with Crippen LogP contribution < -0.4 is 0 Å². The van der Waals surface area contributed by atoms with Gasteiger partial charge in [-0.25, -0.2) is 9.48 Å². The van der Waals surface area contributed by atoms with Crippen molar-refractivity contribution < 1.29 is 9.53 Å². The lowest BCUT2D eigenvalue weighted by Crippen LogP contribution is -2.06. The summed E-state index contributed by atoms with van der Waals surface area (Å²) in [6.45, 7) is 2.07. The van der Waals surface area contributed by atoms with Gasteiger partial charge in [0.05, 0.1) is 18.0 Å². The summed E-state index contributed by atoms with van der Waals surface area (Å²) in [5, 5.41) is 5.04. The number of esters is 1. The largest absolute Gasteiger partial charge is 0.461 e. The Balaban J connectivity index is 2.16. The van der Waals surface area contributed by atoms with E-state index in [1.54, 1.807) is 23.7 Å². The van der Waals surface area contributed by atoms with E-state index in [0.717, 1.165) is 21.4 Å². The molecule has 1 heterocycles. The van der Waals surface area contributed by atoms with Crippen molar-refractivity contribution in [2.75, 3.05) is 6.61 Å². The Morgan fingerprint density at radius 1 is 1.21 bits per heavy atom. The van der Waals surface area contributed by atoms with Gasteiger partial charge in [0.15, 0.2) is 5.69 Å². The van der Waals surface area contributed by atoms with Crippen LogP contribution in [0.3, 0.4) is 0 Å². The molecule has 24 heavy (non-hydrogen) atoms. The molecule has 0 spiro atoms. The summed E-state index contributed by atoms with van der Waals surface area (Å²) in [5.74, 6) is -0.450. The van der Waals surface area contributed by atoms with Crippen molar-refractivity contribution in [3.63, 3.8) is 0 Å². The second kappa shape index (κ2) is 7.20. The molecule has 0 N–H and O–H groups in total. The van der Waals surface area contributed by atoms with Gasteiger partial charge < -0.3 is 4.74 Å². The Hall–Kier alpha value is -2.11. The van der Waals surface area contributed by atoms with Crippen molar-refractivity contribution in [2.24, 2.45) is 0 Å². The Kier molecular flexibility index (Phi) is 5.02. The second-order valence-electron chi connectivity index (χ2n) is 5.04. The van der Waals surface area contributed by atoms with E-state index in [9.17, 15) is 4.79 Å². The molecule has 6 heteroatoms. The summed E-state index contributed by atoms with van der Waals surface area (Å²) >= 11 is 9.57. The highest BCUT2D eigenvalue weighted by Gasteiger charge is 2.17. The maximum atomic E-state index is 12.1. The van der Waals surface area contributed by atoms with Crippen LogP contribution >= 0.6 is 27.5 Å². The number of nitrogens with zero attached hydrogens (tertiary/aromatic N) is 2. The van der Waals surface area contributed by atoms with Crippen LogP contribution in [0.5, 0.6) is 0 Å².